The van der Waals surface area contributed by atoms with Crippen LogP contribution in [0.4, 0.5) is 0 Å². The van der Waals surface area contributed by atoms with Gasteiger partial charge in [-0.2, -0.15) is 0 Å². The van der Waals surface area contributed by atoms with Gasteiger partial charge in [-0.3, -0.25) is 4.79 Å². The van der Waals surface area contributed by atoms with E-state index in [2.05, 4.69) is 24.4 Å². The number of aryl methyl sites for hydroxylation is 1. The molecule has 106 valence electrons. The summed E-state index contributed by atoms with van der Waals surface area (Å²) >= 11 is 1.75. The minimum atomic E-state index is 0.174. The number of Topliss-reactive ketones (excluding diaryl/α,β-unsaturated/α-hetero) is 1. The van der Waals surface area contributed by atoms with Crippen molar-refractivity contribution in [3.05, 3.63) is 52.2 Å². The molecule has 0 unspecified atom stereocenters. The molecule has 0 fully saturated rings. The van der Waals surface area contributed by atoms with E-state index in [1.807, 2.05) is 24.3 Å². The molecule has 0 aliphatic rings. The Kier molecular flexibility index (Phi) is 5.81. The third-order valence-electron chi connectivity index (χ3n) is 3.06. The number of hydrogen-bond donors (Lipinski definition) is 0. The minimum absolute atomic E-state index is 0.174. The highest BCUT2D eigenvalue weighted by Crippen LogP contribution is 2.21. The predicted octanol–water partition coefficient (Wildman–Crippen LogP) is 4.74. The van der Waals surface area contributed by atoms with Crippen molar-refractivity contribution in [2.45, 2.75) is 32.6 Å². The number of carbonyl (C=O) groups is 1. The molecule has 0 saturated carbocycles. The van der Waals surface area contributed by atoms with Crippen molar-refractivity contribution in [1.82, 2.24) is 0 Å². The normalized spacial score (nSPS) is 10.4. The monoisotopic (exact) mass is 288 g/mol. The van der Waals surface area contributed by atoms with Crippen molar-refractivity contribution in [3.63, 3.8) is 0 Å². The molecule has 20 heavy (non-hydrogen) atoms. The Morgan fingerprint density at radius 2 is 2.05 bits per heavy atom. The number of ether oxygens (including phenoxy) is 1. The van der Waals surface area contributed by atoms with Gasteiger partial charge in [-0.25, -0.2) is 0 Å². The highest BCUT2D eigenvalue weighted by molar-refractivity contribution is 7.09. The minimum Gasteiger partial charge on any atom is -0.493 e. The van der Waals surface area contributed by atoms with Crippen molar-refractivity contribution >= 4 is 17.1 Å². The van der Waals surface area contributed by atoms with Gasteiger partial charge >= 0.3 is 0 Å². The number of ketones is 1. The second-order valence-electron chi connectivity index (χ2n) is 4.70. The van der Waals surface area contributed by atoms with E-state index in [4.69, 9.17) is 4.74 Å². The molecular weight excluding hydrogens is 268 g/mol. The van der Waals surface area contributed by atoms with E-state index in [-0.39, 0.29) is 5.78 Å². The molecule has 0 bridgehead atoms. The summed E-state index contributed by atoms with van der Waals surface area (Å²) in [5.74, 6) is 0.892. The van der Waals surface area contributed by atoms with Gasteiger partial charge < -0.3 is 4.74 Å². The SMILES string of the molecule is CCCOc1ccccc1C(=O)CCCc1cccs1. The number of benzene rings is 1. The predicted molar refractivity (Wildman–Crippen MR) is 83.8 cm³/mol. The van der Waals surface area contributed by atoms with Crippen LogP contribution in [0.2, 0.25) is 0 Å². The summed E-state index contributed by atoms with van der Waals surface area (Å²) in [6.07, 6.45) is 3.38. The molecule has 0 saturated heterocycles. The van der Waals surface area contributed by atoms with Crippen LogP contribution in [-0.4, -0.2) is 12.4 Å². The van der Waals surface area contributed by atoms with Gasteiger partial charge in [-0.1, -0.05) is 25.1 Å². The third-order valence-corrected chi connectivity index (χ3v) is 3.99. The zero-order valence-electron chi connectivity index (χ0n) is 11.8. The Labute approximate surface area is 124 Å². The second-order valence-corrected chi connectivity index (χ2v) is 5.73. The van der Waals surface area contributed by atoms with Crippen LogP contribution in [0.3, 0.4) is 0 Å². The van der Waals surface area contributed by atoms with Crippen molar-refractivity contribution in [2.75, 3.05) is 6.61 Å². The number of thiophene rings is 1. The molecule has 1 aromatic heterocycles. The van der Waals surface area contributed by atoms with Crippen LogP contribution in [0.5, 0.6) is 5.75 Å². The lowest BCUT2D eigenvalue weighted by atomic mass is 10.0. The fraction of sp³-hybridized carbons (Fsp3) is 0.353. The molecule has 0 radical (unpaired) electrons. The smallest absolute Gasteiger partial charge is 0.166 e. The van der Waals surface area contributed by atoms with Crippen LogP contribution in [0, 0.1) is 0 Å². The van der Waals surface area contributed by atoms with Crippen LogP contribution in [-0.2, 0) is 6.42 Å². The highest BCUT2D eigenvalue weighted by atomic mass is 32.1. The standard InChI is InChI=1S/C17H20O2S/c1-2-12-19-17-11-4-3-9-15(17)16(18)10-5-7-14-8-6-13-20-14/h3-4,6,8-9,11,13H,2,5,7,10,12H2,1H3. The Balaban J connectivity index is 1.91. The molecule has 0 aliphatic carbocycles. The van der Waals surface area contributed by atoms with Gasteiger partial charge in [0, 0.05) is 11.3 Å². The maximum absolute atomic E-state index is 12.3. The van der Waals surface area contributed by atoms with E-state index in [1.54, 1.807) is 11.3 Å². The summed E-state index contributed by atoms with van der Waals surface area (Å²) in [6.45, 7) is 2.71. The van der Waals surface area contributed by atoms with Gasteiger partial charge in [0.25, 0.3) is 0 Å². The topological polar surface area (TPSA) is 26.3 Å². The molecule has 2 rings (SSSR count). The molecule has 2 aromatic rings. The van der Waals surface area contributed by atoms with Crippen molar-refractivity contribution in [1.29, 1.82) is 0 Å². The second kappa shape index (κ2) is 7.85. The summed E-state index contributed by atoms with van der Waals surface area (Å²) in [6, 6.07) is 11.7. The van der Waals surface area contributed by atoms with Crippen molar-refractivity contribution in [2.24, 2.45) is 0 Å². The summed E-state index contributed by atoms with van der Waals surface area (Å²) in [5, 5.41) is 2.07. The highest BCUT2D eigenvalue weighted by Gasteiger charge is 2.11. The first-order valence-corrected chi connectivity index (χ1v) is 7.96. The average molecular weight is 288 g/mol. The average Bonchev–Trinajstić information content (AvgIpc) is 2.98. The van der Waals surface area contributed by atoms with Crippen molar-refractivity contribution < 1.29 is 9.53 Å². The fourth-order valence-electron chi connectivity index (χ4n) is 2.05. The number of rotatable bonds is 8. The number of hydrogen-bond acceptors (Lipinski definition) is 3. The van der Waals surface area contributed by atoms with Crippen LogP contribution in [0.15, 0.2) is 41.8 Å². The van der Waals surface area contributed by atoms with Gasteiger partial charge in [0.05, 0.1) is 12.2 Å². The summed E-state index contributed by atoms with van der Waals surface area (Å²) in [4.78, 5) is 13.6. The van der Waals surface area contributed by atoms with Gasteiger partial charge in [0.15, 0.2) is 5.78 Å². The molecule has 1 heterocycles. The van der Waals surface area contributed by atoms with Gasteiger partial charge in [-0.15, -0.1) is 11.3 Å². The van der Waals surface area contributed by atoms with E-state index in [1.165, 1.54) is 4.88 Å². The van der Waals surface area contributed by atoms with E-state index < -0.39 is 0 Å². The Morgan fingerprint density at radius 3 is 2.80 bits per heavy atom. The van der Waals surface area contributed by atoms with Gasteiger partial charge in [0.2, 0.25) is 0 Å². The first-order valence-electron chi connectivity index (χ1n) is 7.08. The molecular formula is C17H20O2S. The Hall–Kier alpha value is -1.61. The number of carbonyl (C=O) groups excluding carboxylic acids is 1. The zero-order chi connectivity index (χ0) is 14.2. The molecule has 0 atom stereocenters. The largest absolute Gasteiger partial charge is 0.493 e. The molecule has 3 heteroatoms. The Morgan fingerprint density at radius 1 is 1.20 bits per heavy atom. The molecule has 0 N–H and O–H groups in total. The fourth-order valence-corrected chi connectivity index (χ4v) is 2.80. The summed E-state index contributed by atoms with van der Waals surface area (Å²) in [7, 11) is 0. The summed E-state index contributed by atoms with van der Waals surface area (Å²) in [5.41, 5.74) is 0.715. The first kappa shape index (κ1) is 14.8. The van der Waals surface area contributed by atoms with E-state index in [9.17, 15) is 4.79 Å². The van der Waals surface area contributed by atoms with Crippen LogP contribution in [0.25, 0.3) is 0 Å². The molecule has 0 aliphatic heterocycles. The van der Waals surface area contributed by atoms with E-state index >= 15 is 0 Å². The van der Waals surface area contributed by atoms with Crippen LogP contribution < -0.4 is 4.74 Å². The van der Waals surface area contributed by atoms with E-state index in [0.29, 0.717) is 18.6 Å². The lowest BCUT2D eigenvalue weighted by Gasteiger charge is -2.09. The third kappa shape index (κ3) is 4.20. The van der Waals surface area contributed by atoms with Crippen LogP contribution >= 0.6 is 11.3 Å². The van der Waals surface area contributed by atoms with Gasteiger partial charge in [-0.05, 0) is 42.8 Å². The first-order chi connectivity index (χ1) is 9.81. The zero-order valence-corrected chi connectivity index (χ0v) is 12.6. The molecule has 0 spiro atoms. The maximum atomic E-state index is 12.3. The summed E-state index contributed by atoms with van der Waals surface area (Å²) < 4.78 is 5.64. The Bertz CT molecular complexity index is 532. The molecule has 1 aromatic carbocycles. The maximum Gasteiger partial charge on any atom is 0.166 e. The van der Waals surface area contributed by atoms with Gasteiger partial charge in [0.1, 0.15) is 5.75 Å². The van der Waals surface area contributed by atoms with Crippen molar-refractivity contribution in [3.8, 4) is 5.75 Å². The van der Waals surface area contributed by atoms with E-state index in [0.717, 1.165) is 25.0 Å². The number of para-hydroxylation sites is 1. The van der Waals surface area contributed by atoms with Crippen LogP contribution in [0.1, 0.15) is 41.4 Å². The molecule has 0 amide bonds. The molecule has 2 nitrogen and oxygen atoms in total. The lowest BCUT2D eigenvalue weighted by molar-refractivity contribution is 0.0976. The quantitative estimate of drug-likeness (QED) is 0.656. The lowest BCUT2D eigenvalue weighted by Crippen LogP contribution is -2.05.